The van der Waals surface area contributed by atoms with Gasteiger partial charge in [0.25, 0.3) is 0 Å². The predicted octanol–water partition coefficient (Wildman–Crippen LogP) is 4.58. The molecule has 3 heterocycles. The minimum atomic E-state index is -0.984. The highest BCUT2D eigenvalue weighted by Crippen LogP contribution is 2.31. The van der Waals surface area contributed by atoms with Gasteiger partial charge in [0.05, 0.1) is 18.7 Å². The van der Waals surface area contributed by atoms with E-state index in [9.17, 15) is 18.4 Å². The second kappa shape index (κ2) is 9.29. The summed E-state index contributed by atoms with van der Waals surface area (Å²) in [4.78, 5) is 30.4. The molecule has 8 heteroatoms. The lowest BCUT2D eigenvalue weighted by Gasteiger charge is -2.29. The molecule has 1 amide bonds. The Morgan fingerprint density at radius 3 is 2.60 bits per heavy atom. The highest BCUT2D eigenvalue weighted by molar-refractivity contribution is 5.87. The molecule has 0 bridgehead atoms. The molecule has 0 fully saturated rings. The molecule has 1 aliphatic rings. The van der Waals surface area contributed by atoms with Gasteiger partial charge < -0.3 is 14.6 Å². The van der Waals surface area contributed by atoms with E-state index in [0.717, 1.165) is 28.3 Å². The van der Waals surface area contributed by atoms with Crippen molar-refractivity contribution in [1.29, 1.82) is 0 Å². The molecule has 35 heavy (non-hydrogen) atoms. The van der Waals surface area contributed by atoms with Crippen LogP contribution < -0.4 is 0 Å². The first-order chi connectivity index (χ1) is 16.9. The van der Waals surface area contributed by atoms with E-state index in [-0.39, 0.29) is 18.0 Å². The summed E-state index contributed by atoms with van der Waals surface area (Å²) in [6.45, 7) is 1.14. The third kappa shape index (κ3) is 4.51. The summed E-state index contributed by atoms with van der Waals surface area (Å²) in [5, 5.41) is 10.0. The molecule has 0 spiro atoms. The molecule has 6 nitrogen and oxygen atoms in total. The molecule has 4 aromatic rings. The summed E-state index contributed by atoms with van der Waals surface area (Å²) in [5.74, 6) is -2.23. The first kappa shape index (κ1) is 22.7. The lowest BCUT2D eigenvalue weighted by Crippen LogP contribution is -2.36. The summed E-state index contributed by atoms with van der Waals surface area (Å²) in [6.07, 6.45) is 3.15. The van der Waals surface area contributed by atoms with Crippen molar-refractivity contribution in [2.24, 2.45) is 0 Å². The monoisotopic (exact) mass is 475 g/mol. The van der Waals surface area contributed by atoms with E-state index < -0.39 is 17.6 Å². The van der Waals surface area contributed by atoms with Gasteiger partial charge in [0.15, 0.2) is 0 Å². The number of carboxylic acids is 1. The molecule has 1 aliphatic heterocycles. The number of nitrogens with zero attached hydrogens (tertiary/aromatic N) is 3. The summed E-state index contributed by atoms with van der Waals surface area (Å²) >= 11 is 0. The van der Waals surface area contributed by atoms with Crippen LogP contribution in [-0.2, 0) is 30.7 Å². The number of rotatable bonds is 6. The van der Waals surface area contributed by atoms with Crippen molar-refractivity contribution in [1.82, 2.24) is 14.5 Å². The fraction of sp³-hybridized carbons (Fsp3) is 0.222. The quantitative estimate of drug-likeness (QED) is 0.443. The van der Waals surface area contributed by atoms with Crippen LogP contribution in [0.3, 0.4) is 0 Å². The van der Waals surface area contributed by atoms with E-state index in [2.05, 4.69) is 4.98 Å². The van der Waals surface area contributed by atoms with E-state index in [4.69, 9.17) is 5.11 Å². The number of amides is 1. The van der Waals surface area contributed by atoms with Crippen LogP contribution in [0.25, 0.3) is 11.0 Å². The number of hydrogen-bond donors (Lipinski definition) is 1. The number of carbonyl (C=O) groups excluding carboxylic acids is 1. The van der Waals surface area contributed by atoms with Gasteiger partial charge in [-0.3, -0.25) is 4.79 Å². The Bertz CT molecular complexity index is 1430. The van der Waals surface area contributed by atoms with Crippen LogP contribution >= 0.6 is 0 Å². The highest BCUT2D eigenvalue weighted by Gasteiger charge is 2.27. The molecule has 2 aromatic carbocycles. The zero-order chi connectivity index (χ0) is 24.5. The van der Waals surface area contributed by atoms with Gasteiger partial charge in [-0.15, -0.1) is 0 Å². The van der Waals surface area contributed by atoms with E-state index in [0.29, 0.717) is 43.6 Å². The van der Waals surface area contributed by atoms with Crippen LogP contribution in [0.15, 0.2) is 60.8 Å². The third-order valence-electron chi connectivity index (χ3n) is 6.54. The number of carbonyl (C=O) groups is 2. The SMILES string of the molecule is O=C(O)c1ccc(CCC(=O)N2CCc3c(n(Cc4ccc(F)cc4F)c4ncccc34)C2)cc1. The van der Waals surface area contributed by atoms with Gasteiger partial charge in [-0.1, -0.05) is 18.2 Å². The van der Waals surface area contributed by atoms with Crippen LogP contribution in [-0.4, -0.2) is 38.0 Å². The molecule has 0 unspecified atom stereocenters. The summed E-state index contributed by atoms with van der Waals surface area (Å²) < 4.78 is 29.8. The van der Waals surface area contributed by atoms with Gasteiger partial charge in [0, 0.05) is 41.9 Å². The summed E-state index contributed by atoms with van der Waals surface area (Å²) in [6, 6.07) is 13.9. The van der Waals surface area contributed by atoms with Crippen LogP contribution in [0.2, 0.25) is 0 Å². The van der Waals surface area contributed by atoms with Gasteiger partial charge >= 0.3 is 5.97 Å². The summed E-state index contributed by atoms with van der Waals surface area (Å²) in [7, 11) is 0. The predicted molar refractivity (Wildman–Crippen MR) is 126 cm³/mol. The van der Waals surface area contributed by atoms with Gasteiger partial charge in [0.2, 0.25) is 5.91 Å². The normalized spacial score (nSPS) is 13.1. The van der Waals surface area contributed by atoms with Crippen LogP contribution in [0.1, 0.15) is 39.2 Å². The standard InChI is InChI=1S/C27H23F2N3O3/c28-20-9-8-19(23(29)14-20)15-32-24-16-31(13-11-21(24)22-2-1-12-30-26(22)32)25(33)10-5-17-3-6-18(7-4-17)27(34)35/h1-4,6-9,12,14H,5,10-11,13,15-16H2,(H,34,35). The Morgan fingerprint density at radius 1 is 1.06 bits per heavy atom. The van der Waals surface area contributed by atoms with Crippen LogP contribution in [0.5, 0.6) is 0 Å². The molecule has 0 radical (unpaired) electrons. The molecule has 178 valence electrons. The Morgan fingerprint density at radius 2 is 1.86 bits per heavy atom. The van der Waals surface area contributed by atoms with Crippen LogP contribution in [0.4, 0.5) is 8.78 Å². The van der Waals surface area contributed by atoms with E-state index in [1.807, 2.05) is 16.7 Å². The molecule has 1 N–H and O–H groups in total. The number of aryl methyl sites for hydroxylation is 1. The van der Waals surface area contributed by atoms with Crippen molar-refractivity contribution in [3.8, 4) is 0 Å². The zero-order valence-electron chi connectivity index (χ0n) is 18.9. The lowest BCUT2D eigenvalue weighted by atomic mass is 10.0. The maximum absolute atomic E-state index is 14.4. The number of carboxylic acid groups (broad SMARTS) is 1. The first-order valence-corrected chi connectivity index (χ1v) is 11.4. The number of hydrogen-bond acceptors (Lipinski definition) is 3. The number of aromatic nitrogens is 2. The average molecular weight is 475 g/mol. The second-order valence-corrected chi connectivity index (χ2v) is 8.69. The van der Waals surface area contributed by atoms with Crippen LogP contribution in [0, 0.1) is 11.6 Å². The molecular formula is C27H23F2N3O3. The van der Waals surface area contributed by atoms with Crippen molar-refractivity contribution in [2.45, 2.75) is 32.4 Å². The van der Waals surface area contributed by atoms with E-state index in [1.54, 1.807) is 23.2 Å². The van der Waals surface area contributed by atoms with Crippen molar-refractivity contribution in [3.63, 3.8) is 0 Å². The summed E-state index contributed by atoms with van der Waals surface area (Å²) in [5.41, 5.74) is 4.18. The van der Waals surface area contributed by atoms with E-state index >= 15 is 0 Å². The molecule has 0 atom stereocenters. The fourth-order valence-corrected chi connectivity index (χ4v) is 4.69. The molecule has 0 saturated carbocycles. The van der Waals surface area contributed by atoms with E-state index in [1.165, 1.54) is 24.3 Å². The largest absolute Gasteiger partial charge is 0.478 e. The molecule has 0 saturated heterocycles. The minimum absolute atomic E-state index is 0.00399. The first-order valence-electron chi connectivity index (χ1n) is 11.4. The van der Waals surface area contributed by atoms with Crippen molar-refractivity contribution in [3.05, 3.63) is 100 Å². The minimum Gasteiger partial charge on any atom is -0.478 e. The Hall–Kier alpha value is -4.07. The van der Waals surface area contributed by atoms with Gasteiger partial charge in [-0.05, 0) is 54.3 Å². The average Bonchev–Trinajstić information content (AvgIpc) is 3.17. The Labute approximate surface area is 200 Å². The smallest absolute Gasteiger partial charge is 0.335 e. The Balaban J connectivity index is 1.37. The molecule has 5 rings (SSSR count). The van der Waals surface area contributed by atoms with Crippen molar-refractivity contribution >= 4 is 22.9 Å². The van der Waals surface area contributed by atoms with Crippen molar-refractivity contribution < 1.29 is 23.5 Å². The number of pyridine rings is 1. The van der Waals surface area contributed by atoms with Crippen molar-refractivity contribution in [2.75, 3.05) is 6.54 Å². The number of benzene rings is 2. The van der Waals surface area contributed by atoms with Gasteiger partial charge in [-0.25, -0.2) is 18.6 Å². The fourth-order valence-electron chi connectivity index (χ4n) is 4.69. The molecule has 2 aromatic heterocycles. The zero-order valence-corrected chi connectivity index (χ0v) is 18.9. The topological polar surface area (TPSA) is 75.4 Å². The number of fused-ring (bicyclic) bond motifs is 3. The highest BCUT2D eigenvalue weighted by atomic mass is 19.1. The van der Waals surface area contributed by atoms with Gasteiger partial charge in [-0.2, -0.15) is 0 Å². The number of aromatic carboxylic acids is 1. The second-order valence-electron chi connectivity index (χ2n) is 8.69. The molecule has 0 aliphatic carbocycles. The Kier molecular flexibility index (Phi) is 6.03. The maximum atomic E-state index is 14.4. The maximum Gasteiger partial charge on any atom is 0.335 e. The number of halogens is 2. The lowest BCUT2D eigenvalue weighted by molar-refractivity contribution is -0.132. The third-order valence-corrected chi connectivity index (χ3v) is 6.54. The van der Waals surface area contributed by atoms with Gasteiger partial charge in [0.1, 0.15) is 17.3 Å². The molecular weight excluding hydrogens is 452 g/mol.